The number of imidazole rings is 1. The second-order valence-electron chi connectivity index (χ2n) is 3.79. The Hall–Kier alpha value is -1.43. The molecule has 5 nitrogen and oxygen atoms in total. The molecule has 0 saturated carbocycles. The average molecular weight is 238 g/mol. The summed E-state index contributed by atoms with van der Waals surface area (Å²) in [5, 5.41) is 0. The Bertz CT molecular complexity index is 622. The summed E-state index contributed by atoms with van der Waals surface area (Å²) in [5.41, 5.74) is 1.21. The van der Waals surface area contributed by atoms with Crippen LogP contribution in [0, 0.1) is 11.6 Å². The first-order valence-electron chi connectivity index (χ1n) is 5.33. The highest BCUT2D eigenvalue weighted by Gasteiger charge is 2.08. The van der Waals surface area contributed by atoms with Gasteiger partial charge in [0, 0.05) is 6.54 Å². The van der Waals surface area contributed by atoms with Crippen LogP contribution in [0.2, 0.25) is 0 Å². The maximum atomic E-state index is 11.8. The molecule has 0 unspecified atom stereocenters. The van der Waals surface area contributed by atoms with E-state index in [9.17, 15) is 4.79 Å². The molecule has 2 rings (SSSR count). The quantitative estimate of drug-likeness (QED) is 0.802. The summed E-state index contributed by atoms with van der Waals surface area (Å²) in [7, 11) is 0. The van der Waals surface area contributed by atoms with Gasteiger partial charge in [0.1, 0.15) is 16.0 Å². The molecule has 0 saturated heterocycles. The fraction of sp³-hybridized carbons (Fsp3) is 0.500. The summed E-state index contributed by atoms with van der Waals surface area (Å²) in [6.07, 6.45) is 1.98. The summed E-state index contributed by atoms with van der Waals surface area (Å²) in [6, 6.07) is 0. The highest BCUT2D eigenvalue weighted by Crippen LogP contribution is 2.09. The van der Waals surface area contributed by atoms with Crippen LogP contribution in [0.3, 0.4) is 0 Å². The van der Waals surface area contributed by atoms with Crippen molar-refractivity contribution in [3.63, 3.8) is 0 Å². The van der Waals surface area contributed by atoms with E-state index in [0.717, 1.165) is 24.2 Å². The summed E-state index contributed by atoms with van der Waals surface area (Å²) in [6.45, 7) is 4.61. The van der Waals surface area contributed by atoms with Crippen molar-refractivity contribution in [2.75, 3.05) is 0 Å². The zero-order valence-corrected chi connectivity index (χ0v) is 10.1. The van der Waals surface area contributed by atoms with Crippen LogP contribution >= 0.6 is 12.2 Å². The van der Waals surface area contributed by atoms with E-state index in [-0.39, 0.29) is 5.69 Å². The fourth-order valence-corrected chi connectivity index (χ4v) is 1.91. The molecule has 0 aliphatic carbocycles. The topological polar surface area (TPSA) is 66.5 Å². The maximum absolute atomic E-state index is 11.8. The van der Waals surface area contributed by atoms with E-state index in [1.54, 1.807) is 4.57 Å². The van der Waals surface area contributed by atoms with Gasteiger partial charge in [-0.2, -0.15) is 0 Å². The minimum Gasteiger partial charge on any atom is -0.338 e. The molecular formula is C10H14N4OS. The molecule has 0 radical (unpaired) electrons. The highest BCUT2D eigenvalue weighted by atomic mass is 32.1. The molecular weight excluding hydrogens is 224 g/mol. The van der Waals surface area contributed by atoms with Gasteiger partial charge in [-0.3, -0.25) is 9.55 Å². The molecule has 0 aliphatic rings. The maximum Gasteiger partial charge on any atom is 0.328 e. The summed E-state index contributed by atoms with van der Waals surface area (Å²) in [5.74, 6) is 0.769. The van der Waals surface area contributed by atoms with Crippen molar-refractivity contribution in [3.05, 3.63) is 20.9 Å². The molecule has 2 heterocycles. The molecule has 6 heteroatoms. The number of nitrogens with one attached hydrogen (secondary N) is 2. The molecule has 2 N–H and O–H groups in total. The van der Waals surface area contributed by atoms with Crippen molar-refractivity contribution in [3.8, 4) is 0 Å². The predicted octanol–water partition coefficient (Wildman–Crippen LogP) is 1.89. The Morgan fingerprint density at radius 3 is 2.88 bits per heavy atom. The standard InChI is InChI=1S/C10H14N4OS/c1-3-4-5-14-8-7(11-6(2)12-8)9(16)13-10(14)15/h3-5H2,1-2H3,(H,11,12)(H,13,15,16). The summed E-state index contributed by atoms with van der Waals surface area (Å²) < 4.78 is 2.06. The van der Waals surface area contributed by atoms with Crippen LogP contribution in [0.4, 0.5) is 0 Å². The Labute approximate surface area is 97.5 Å². The SMILES string of the molecule is CCCCn1c(=O)[nH]c(=S)c2[nH]c(C)nc21. The minimum atomic E-state index is -0.183. The number of aromatic nitrogens is 4. The molecule has 0 bridgehead atoms. The zero-order valence-electron chi connectivity index (χ0n) is 9.33. The number of aryl methyl sites for hydroxylation is 2. The van der Waals surface area contributed by atoms with Crippen LogP contribution in [-0.2, 0) is 6.54 Å². The smallest absolute Gasteiger partial charge is 0.328 e. The first-order chi connectivity index (χ1) is 7.63. The number of unbranched alkanes of at least 4 members (excludes halogenated alkanes) is 1. The van der Waals surface area contributed by atoms with Crippen molar-refractivity contribution in [1.82, 2.24) is 19.5 Å². The molecule has 0 aliphatic heterocycles. The monoisotopic (exact) mass is 238 g/mol. The summed E-state index contributed by atoms with van der Waals surface area (Å²) >= 11 is 5.09. The van der Waals surface area contributed by atoms with Gasteiger partial charge in [0.15, 0.2) is 5.65 Å². The molecule has 16 heavy (non-hydrogen) atoms. The molecule has 86 valence electrons. The Morgan fingerprint density at radius 1 is 1.44 bits per heavy atom. The lowest BCUT2D eigenvalue weighted by atomic mass is 10.3. The number of hydrogen-bond acceptors (Lipinski definition) is 3. The van der Waals surface area contributed by atoms with Gasteiger partial charge in [-0.1, -0.05) is 25.6 Å². The van der Waals surface area contributed by atoms with Crippen molar-refractivity contribution in [2.24, 2.45) is 0 Å². The van der Waals surface area contributed by atoms with Gasteiger partial charge in [0.05, 0.1) is 0 Å². The third-order valence-corrected chi connectivity index (χ3v) is 2.79. The minimum absolute atomic E-state index is 0.183. The lowest BCUT2D eigenvalue weighted by Crippen LogP contribution is -2.23. The van der Waals surface area contributed by atoms with E-state index in [1.165, 1.54) is 0 Å². The van der Waals surface area contributed by atoms with Gasteiger partial charge in [0.25, 0.3) is 0 Å². The first-order valence-corrected chi connectivity index (χ1v) is 5.73. The van der Waals surface area contributed by atoms with Crippen LogP contribution < -0.4 is 5.69 Å². The van der Waals surface area contributed by atoms with E-state index in [1.807, 2.05) is 6.92 Å². The van der Waals surface area contributed by atoms with Gasteiger partial charge >= 0.3 is 5.69 Å². The fourth-order valence-electron chi connectivity index (χ4n) is 1.68. The number of H-pyrrole nitrogens is 2. The Kier molecular flexibility index (Phi) is 2.91. The van der Waals surface area contributed by atoms with Crippen LogP contribution in [-0.4, -0.2) is 19.5 Å². The number of hydrogen-bond donors (Lipinski definition) is 2. The molecule has 0 amide bonds. The average Bonchev–Trinajstić information content (AvgIpc) is 2.60. The van der Waals surface area contributed by atoms with Crippen molar-refractivity contribution in [2.45, 2.75) is 33.2 Å². The van der Waals surface area contributed by atoms with Crippen LogP contribution in [0.1, 0.15) is 25.6 Å². The Balaban J connectivity index is 2.71. The number of fused-ring (bicyclic) bond motifs is 1. The normalized spacial score (nSPS) is 11.1. The molecule has 0 aromatic carbocycles. The second-order valence-corrected chi connectivity index (χ2v) is 4.19. The molecule has 2 aromatic heterocycles. The zero-order chi connectivity index (χ0) is 11.7. The van der Waals surface area contributed by atoms with Crippen molar-refractivity contribution >= 4 is 23.4 Å². The largest absolute Gasteiger partial charge is 0.338 e. The van der Waals surface area contributed by atoms with Gasteiger partial charge in [-0.25, -0.2) is 9.78 Å². The second kappa shape index (κ2) is 4.21. The highest BCUT2D eigenvalue weighted by molar-refractivity contribution is 7.71. The van der Waals surface area contributed by atoms with Crippen LogP contribution in [0.25, 0.3) is 11.2 Å². The molecule has 0 atom stereocenters. The van der Waals surface area contributed by atoms with Crippen molar-refractivity contribution < 1.29 is 0 Å². The van der Waals surface area contributed by atoms with Crippen LogP contribution in [0.15, 0.2) is 4.79 Å². The third kappa shape index (κ3) is 1.80. The number of rotatable bonds is 3. The Morgan fingerprint density at radius 2 is 2.19 bits per heavy atom. The van der Waals surface area contributed by atoms with Gasteiger partial charge in [0.2, 0.25) is 0 Å². The van der Waals surface area contributed by atoms with E-state index in [2.05, 4.69) is 21.9 Å². The first kappa shape index (κ1) is 11.1. The van der Waals surface area contributed by atoms with Gasteiger partial charge < -0.3 is 4.98 Å². The van der Waals surface area contributed by atoms with Crippen molar-refractivity contribution in [1.29, 1.82) is 0 Å². The lowest BCUT2D eigenvalue weighted by Gasteiger charge is -2.04. The van der Waals surface area contributed by atoms with Gasteiger partial charge in [-0.15, -0.1) is 0 Å². The summed E-state index contributed by atoms with van der Waals surface area (Å²) in [4.78, 5) is 21.8. The van der Waals surface area contributed by atoms with E-state index >= 15 is 0 Å². The third-order valence-electron chi connectivity index (χ3n) is 2.49. The lowest BCUT2D eigenvalue weighted by molar-refractivity contribution is 0.614. The van der Waals surface area contributed by atoms with Gasteiger partial charge in [-0.05, 0) is 13.3 Å². The van der Waals surface area contributed by atoms with E-state index < -0.39 is 0 Å². The van der Waals surface area contributed by atoms with E-state index in [0.29, 0.717) is 16.8 Å². The van der Waals surface area contributed by atoms with E-state index in [4.69, 9.17) is 12.2 Å². The number of aromatic amines is 2. The number of nitrogens with zero attached hydrogens (tertiary/aromatic N) is 2. The predicted molar refractivity (Wildman–Crippen MR) is 65.2 cm³/mol. The molecule has 0 fully saturated rings. The van der Waals surface area contributed by atoms with Crippen LogP contribution in [0.5, 0.6) is 0 Å². The molecule has 2 aromatic rings. The molecule has 0 spiro atoms.